The van der Waals surface area contributed by atoms with Crippen LogP contribution in [0.15, 0.2) is 44.0 Å². The zero-order valence-corrected chi connectivity index (χ0v) is 13.9. The summed E-state index contributed by atoms with van der Waals surface area (Å²) in [7, 11) is 2.92. The van der Waals surface area contributed by atoms with Gasteiger partial charge in [-0.25, -0.2) is 4.98 Å². The number of nitrogens with zero attached hydrogens (tertiary/aromatic N) is 1. The van der Waals surface area contributed by atoms with Crippen molar-refractivity contribution >= 4 is 26.9 Å². The van der Waals surface area contributed by atoms with Crippen LogP contribution in [-0.2, 0) is 0 Å². The molecule has 23 heavy (non-hydrogen) atoms. The molecule has 3 rings (SSSR count). The summed E-state index contributed by atoms with van der Waals surface area (Å²) in [5.74, 6) is 0.765. The Morgan fingerprint density at radius 1 is 1.17 bits per heavy atom. The van der Waals surface area contributed by atoms with Gasteiger partial charge in [-0.3, -0.25) is 4.79 Å². The monoisotopic (exact) mass is 377 g/mol. The summed E-state index contributed by atoms with van der Waals surface area (Å²) in [6.45, 7) is 0. The average molecular weight is 378 g/mol. The molecule has 118 valence electrons. The fourth-order valence-corrected chi connectivity index (χ4v) is 2.76. The van der Waals surface area contributed by atoms with Crippen LogP contribution in [0.1, 0.15) is 0 Å². The lowest BCUT2D eigenvalue weighted by Gasteiger charge is -2.08. The molecule has 7 heteroatoms. The summed E-state index contributed by atoms with van der Waals surface area (Å²) in [6.07, 6.45) is 0. The fourth-order valence-electron chi connectivity index (χ4n) is 2.17. The molecule has 0 bridgehead atoms. The van der Waals surface area contributed by atoms with Gasteiger partial charge in [-0.15, -0.1) is 0 Å². The quantitative estimate of drug-likeness (QED) is 0.753. The van der Waals surface area contributed by atoms with Gasteiger partial charge < -0.3 is 19.0 Å². The lowest BCUT2D eigenvalue weighted by molar-refractivity contribution is 0.359. The third-order valence-corrected chi connectivity index (χ3v) is 4.06. The lowest BCUT2D eigenvalue weighted by atomic mass is 10.2. The summed E-state index contributed by atoms with van der Waals surface area (Å²) in [5, 5.41) is 10.0. The van der Waals surface area contributed by atoms with E-state index in [1.165, 1.54) is 32.4 Å². The summed E-state index contributed by atoms with van der Waals surface area (Å²) >= 11 is 3.38. The molecular formula is C16H12BrNO5. The van der Waals surface area contributed by atoms with Gasteiger partial charge in [0.25, 0.3) is 5.88 Å². The second kappa shape index (κ2) is 5.92. The second-order valence-corrected chi connectivity index (χ2v) is 5.45. The third kappa shape index (κ3) is 2.63. The Morgan fingerprint density at radius 2 is 1.96 bits per heavy atom. The average Bonchev–Trinajstić information content (AvgIpc) is 2.56. The molecule has 2 heterocycles. The van der Waals surface area contributed by atoms with E-state index in [0.717, 1.165) is 0 Å². The number of halogens is 1. The highest BCUT2D eigenvalue weighted by Crippen LogP contribution is 2.34. The van der Waals surface area contributed by atoms with Gasteiger partial charge in [0, 0.05) is 6.07 Å². The molecule has 1 aromatic carbocycles. The minimum atomic E-state index is -0.210. The largest absolute Gasteiger partial charge is 0.503 e. The molecule has 0 amide bonds. The van der Waals surface area contributed by atoms with Crippen molar-refractivity contribution in [1.29, 1.82) is 0 Å². The molecule has 0 fully saturated rings. The predicted octanol–water partition coefficient (Wildman–Crippen LogP) is 3.34. The Hall–Kier alpha value is -2.54. The van der Waals surface area contributed by atoms with Crippen molar-refractivity contribution < 1.29 is 19.0 Å². The van der Waals surface area contributed by atoms with Crippen LogP contribution in [0.25, 0.3) is 22.4 Å². The van der Waals surface area contributed by atoms with Crippen LogP contribution in [0.3, 0.4) is 0 Å². The number of rotatable bonds is 3. The zero-order chi connectivity index (χ0) is 16.6. The Morgan fingerprint density at radius 3 is 2.65 bits per heavy atom. The Kier molecular flexibility index (Phi) is 3.96. The predicted molar refractivity (Wildman–Crippen MR) is 88.2 cm³/mol. The molecule has 0 unspecified atom stereocenters. The van der Waals surface area contributed by atoms with Crippen molar-refractivity contribution in [3.05, 3.63) is 45.0 Å². The normalized spacial score (nSPS) is 10.7. The van der Waals surface area contributed by atoms with Gasteiger partial charge in [0.05, 0.1) is 19.6 Å². The van der Waals surface area contributed by atoms with Gasteiger partial charge >= 0.3 is 0 Å². The minimum Gasteiger partial charge on any atom is -0.503 e. The Labute approximate surface area is 139 Å². The van der Waals surface area contributed by atoms with Crippen molar-refractivity contribution in [3.63, 3.8) is 0 Å². The van der Waals surface area contributed by atoms with Gasteiger partial charge in [0.1, 0.15) is 15.9 Å². The van der Waals surface area contributed by atoms with E-state index in [-0.39, 0.29) is 22.8 Å². The highest BCUT2D eigenvalue weighted by atomic mass is 79.9. The van der Waals surface area contributed by atoms with Gasteiger partial charge in [0.15, 0.2) is 22.5 Å². The first-order valence-corrected chi connectivity index (χ1v) is 7.39. The minimum absolute atomic E-state index is 0.0509. The summed E-state index contributed by atoms with van der Waals surface area (Å²) in [6, 6.07) is 7.63. The maximum atomic E-state index is 12.3. The standard InChI is InChI=1S/C16H12BrNO5/c1-21-12-6-3-8-11(20)7-13(23-15(8)14(12)17)9-4-5-10(19)16(18-9)22-2/h3-7,19H,1-2H3. The first-order chi connectivity index (χ1) is 11.0. The van der Waals surface area contributed by atoms with Gasteiger partial charge in [0.2, 0.25) is 0 Å². The molecule has 0 atom stereocenters. The van der Waals surface area contributed by atoms with Crippen molar-refractivity contribution in [2.24, 2.45) is 0 Å². The topological polar surface area (TPSA) is 81.8 Å². The number of methoxy groups -OCH3 is 2. The van der Waals surface area contributed by atoms with Crippen molar-refractivity contribution in [2.45, 2.75) is 0 Å². The van der Waals surface area contributed by atoms with Crippen molar-refractivity contribution in [2.75, 3.05) is 14.2 Å². The maximum Gasteiger partial charge on any atom is 0.257 e. The summed E-state index contributed by atoms with van der Waals surface area (Å²) < 4.78 is 16.5. The maximum absolute atomic E-state index is 12.3. The van der Waals surface area contributed by atoms with Gasteiger partial charge in [-0.05, 0) is 40.2 Å². The molecule has 6 nitrogen and oxygen atoms in total. The highest BCUT2D eigenvalue weighted by molar-refractivity contribution is 9.10. The molecule has 0 spiro atoms. The molecule has 1 N–H and O–H groups in total. The van der Waals surface area contributed by atoms with Crippen LogP contribution in [0.2, 0.25) is 0 Å². The third-order valence-electron chi connectivity index (χ3n) is 3.31. The molecule has 0 aliphatic rings. The molecule has 0 radical (unpaired) electrons. The van der Waals surface area contributed by atoms with Crippen LogP contribution in [0, 0.1) is 0 Å². The van der Waals surface area contributed by atoms with Crippen LogP contribution in [0.4, 0.5) is 0 Å². The number of pyridine rings is 1. The van der Waals surface area contributed by atoms with Crippen LogP contribution in [-0.4, -0.2) is 24.3 Å². The molecule has 0 aliphatic carbocycles. The SMILES string of the molecule is COc1ccc2c(=O)cc(-c3ccc(O)c(OC)n3)oc2c1Br. The summed E-state index contributed by atoms with van der Waals surface area (Å²) in [4.78, 5) is 16.4. The van der Waals surface area contributed by atoms with E-state index in [2.05, 4.69) is 20.9 Å². The molecule has 0 saturated heterocycles. The molecule has 2 aromatic heterocycles. The number of hydrogen-bond donors (Lipinski definition) is 1. The number of ether oxygens (including phenoxy) is 2. The Balaban J connectivity index is 2.27. The first kappa shape index (κ1) is 15.4. The molecular weight excluding hydrogens is 366 g/mol. The first-order valence-electron chi connectivity index (χ1n) is 6.60. The number of benzene rings is 1. The lowest BCUT2D eigenvalue weighted by Crippen LogP contribution is -2.02. The molecule has 0 saturated carbocycles. The van der Waals surface area contributed by atoms with E-state index in [1.807, 2.05) is 0 Å². The van der Waals surface area contributed by atoms with E-state index in [1.54, 1.807) is 12.1 Å². The summed E-state index contributed by atoms with van der Waals surface area (Å²) in [5.41, 5.74) is 0.521. The van der Waals surface area contributed by atoms with Crippen molar-refractivity contribution in [3.8, 4) is 28.8 Å². The van der Waals surface area contributed by atoms with Crippen molar-refractivity contribution in [1.82, 2.24) is 4.98 Å². The molecule has 3 aromatic rings. The van der Waals surface area contributed by atoms with E-state index in [4.69, 9.17) is 13.9 Å². The number of fused-ring (bicyclic) bond motifs is 1. The smallest absolute Gasteiger partial charge is 0.257 e. The fraction of sp³-hybridized carbons (Fsp3) is 0.125. The number of hydrogen-bond acceptors (Lipinski definition) is 6. The van der Waals surface area contributed by atoms with Gasteiger partial charge in [-0.2, -0.15) is 0 Å². The van der Waals surface area contributed by atoms with E-state index in [0.29, 0.717) is 26.9 Å². The van der Waals surface area contributed by atoms with Crippen LogP contribution >= 0.6 is 15.9 Å². The number of aromatic nitrogens is 1. The highest BCUT2D eigenvalue weighted by Gasteiger charge is 2.15. The Bertz CT molecular complexity index is 951. The van der Waals surface area contributed by atoms with E-state index in [9.17, 15) is 9.90 Å². The van der Waals surface area contributed by atoms with E-state index >= 15 is 0 Å². The van der Waals surface area contributed by atoms with Crippen LogP contribution in [0.5, 0.6) is 17.4 Å². The van der Waals surface area contributed by atoms with E-state index < -0.39 is 0 Å². The van der Waals surface area contributed by atoms with Crippen LogP contribution < -0.4 is 14.9 Å². The second-order valence-electron chi connectivity index (χ2n) is 4.66. The molecule has 0 aliphatic heterocycles. The van der Waals surface area contributed by atoms with Gasteiger partial charge in [-0.1, -0.05) is 0 Å². The zero-order valence-electron chi connectivity index (χ0n) is 12.3. The number of aromatic hydroxyl groups is 1.